The smallest absolute Gasteiger partial charge is 0.324 e. The number of imide groups is 1. The zero-order chi connectivity index (χ0) is 21.7. The number of sulfonamides is 1. The minimum atomic E-state index is -3.84. The van der Waals surface area contributed by atoms with E-state index in [1.807, 2.05) is 6.92 Å². The number of ether oxygens (including phenoxy) is 1. The standard InChI is InChI=1S/C21H28N2O6S/c1-15-9-11-17(12-10-15)30(27,28)23-13-5-8-18(23)21(26)29-14-19(24)22-20(25)16-6-3-2-4-7-16/h9-12,16,18H,2-8,13-14H2,1H3,(H,22,24,25). The van der Waals surface area contributed by atoms with E-state index in [2.05, 4.69) is 5.32 Å². The molecule has 30 heavy (non-hydrogen) atoms. The molecular formula is C21H28N2O6S. The minimum Gasteiger partial charge on any atom is -0.454 e. The number of aryl methyl sites for hydroxylation is 1. The molecule has 1 saturated carbocycles. The van der Waals surface area contributed by atoms with Crippen molar-refractivity contribution in [1.82, 2.24) is 9.62 Å². The first-order valence-electron chi connectivity index (χ1n) is 10.4. The first kappa shape index (κ1) is 22.4. The lowest BCUT2D eigenvalue weighted by molar-refractivity contribution is -0.152. The molecule has 0 bridgehead atoms. The highest BCUT2D eigenvalue weighted by atomic mass is 32.2. The average Bonchev–Trinajstić information content (AvgIpc) is 3.24. The fourth-order valence-electron chi connectivity index (χ4n) is 3.98. The lowest BCUT2D eigenvalue weighted by Gasteiger charge is -2.23. The van der Waals surface area contributed by atoms with Gasteiger partial charge in [0, 0.05) is 12.5 Å². The highest BCUT2D eigenvalue weighted by molar-refractivity contribution is 7.89. The van der Waals surface area contributed by atoms with Gasteiger partial charge in [0.2, 0.25) is 15.9 Å². The van der Waals surface area contributed by atoms with Crippen LogP contribution < -0.4 is 5.32 Å². The van der Waals surface area contributed by atoms with E-state index in [4.69, 9.17) is 4.74 Å². The van der Waals surface area contributed by atoms with Crippen LogP contribution >= 0.6 is 0 Å². The molecule has 3 rings (SSSR count). The van der Waals surface area contributed by atoms with Gasteiger partial charge in [0.25, 0.3) is 5.91 Å². The van der Waals surface area contributed by atoms with Crippen LogP contribution in [0.4, 0.5) is 0 Å². The van der Waals surface area contributed by atoms with Crippen LogP contribution in [0, 0.1) is 12.8 Å². The third-order valence-corrected chi connectivity index (χ3v) is 7.61. The van der Waals surface area contributed by atoms with Crippen molar-refractivity contribution >= 4 is 27.8 Å². The molecule has 1 heterocycles. The highest BCUT2D eigenvalue weighted by Gasteiger charge is 2.40. The Balaban J connectivity index is 1.55. The molecule has 1 aliphatic heterocycles. The van der Waals surface area contributed by atoms with Crippen molar-refractivity contribution < 1.29 is 27.5 Å². The molecule has 9 heteroatoms. The summed E-state index contributed by atoms with van der Waals surface area (Å²) in [7, 11) is -3.84. The third-order valence-electron chi connectivity index (χ3n) is 5.69. The first-order valence-corrected chi connectivity index (χ1v) is 11.8. The van der Waals surface area contributed by atoms with Gasteiger partial charge in [-0.05, 0) is 44.7 Å². The maximum atomic E-state index is 12.9. The van der Waals surface area contributed by atoms with E-state index >= 15 is 0 Å². The molecule has 8 nitrogen and oxygen atoms in total. The lowest BCUT2D eigenvalue weighted by Crippen LogP contribution is -2.43. The SMILES string of the molecule is Cc1ccc(S(=O)(=O)N2CCCC2C(=O)OCC(=O)NC(=O)C2CCCCC2)cc1. The molecule has 1 atom stereocenters. The van der Waals surface area contributed by atoms with Crippen molar-refractivity contribution in [3.63, 3.8) is 0 Å². The molecule has 1 N–H and O–H groups in total. The minimum absolute atomic E-state index is 0.114. The monoisotopic (exact) mass is 436 g/mol. The summed E-state index contributed by atoms with van der Waals surface area (Å²) in [6, 6.07) is 5.44. The Morgan fingerprint density at radius 1 is 1.03 bits per heavy atom. The van der Waals surface area contributed by atoms with E-state index in [1.165, 1.54) is 12.1 Å². The molecule has 0 radical (unpaired) electrons. The lowest BCUT2D eigenvalue weighted by atomic mass is 9.89. The molecule has 1 aromatic carbocycles. The number of esters is 1. The summed E-state index contributed by atoms with van der Waals surface area (Å²) >= 11 is 0. The molecule has 1 saturated heterocycles. The van der Waals surface area contributed by atoms with Crippen molar-refractivity contribution in [2.24, 2.45) is 5.92 Å². The van der Waals surface area contributed by atoms with Crippen molar-refractivity contribution in [2.45, 2.75) is 62.8 Å². The maximum Gasteiger partial charge on any atom is 0.324 e. The number of carbonyl (C=O) groups is 3. The average molecular weight is 437 g/mol. The first-order chi connectivity index (χ1) is 14.3. The van der Waals surface area contributed by atoms with Gasteiger partial charge in [0.15, 0.2) is 6.61 Å². The van der Waals surface area contributed by atoms with Crippen molar-refractivity contribution in [3.8, 4) is 0 Å². The summed E-state index contributed by atoms with van der Waals surface area (Å²) in [6.07, 6.45) is 5.39. The Morgan fingerprint density at radius 3 is 2.37 bits per heavy atom. The number of hydrogen-bond donors (Lipinski definition) is 1. The van der Waals surface area contributed by atoms with E-state index in [9.17, 15) is 22.8 Å². The highest BCUT2D eigenvalue weighted by Crippen LogP contribution is 2.27. The topological polar surface area (TPSA) is 110 Å². The van der Waals surface area contributed by atoms with Gasteiger partial charge in [0.05, 0.1) is 4.90 Å². The van der Waals surface area contributed by atoms with Crippen molar-refractivity contribution in [1.29, 1.82) is 0 Å². The van der Waals surface area contributed by atoms with Crippen LogP contribution in [0.2, 0.25) is 0 Å². The summed E-state index contributed by atoms with van der Waals surface area (Å²) in [5.41, 5.74) is 0.931. The van der Waals surface area contributed by atoms with E-state index in [0.29, 0.717) is 12.8 Å². The van der Waals surface area contributed by atoms with E-state index in [0.717, 1.165) is 42.0 Å². The van der Waals surface area contributed by atoms with Crippen LogP contribution in [0.25, 0.3) is 0 Å². The van der Waals surface area contributed by atoms with Crippen molar-refractivity contribution in [2.75, 3.05) is 13.2 Å². The molecule has 1 unspecified atom stereocenters. The van der Waals surface area contributed by atoms with E-state index in [1.54, 1.807) is 12.1 Å². The molecule has 0 aromatic heterocycles. The number of amides is 2. The quantitative estimate of drug-likeness (QED) is 0.682. The normalized spacial score (nSPS) is 20.6. The fraction of sp³-hybridized carbons (Fsp3) is 0.571. The van der Waals surface area contributed by atoms with Crippen molar-refractivity contribution in [3.05, 3.63) is 29.8 Å². The Hall–Kier alpha value is -2.26. The molecule has 1 aliphatic carbocycles. The van der Waals surface area contributed by atoms with Gasteiger partial charge in [-0.15, -0.1) is 0 Å². The second-order valence-electron chi connectivity index (χ2n) is 7.94. The zero-order valence-corrected chi connectivity index (χ0v) is 17.9. The van der Waals surface area contributed by atoms with Gasteiger partial charge in [0.1, 0.15) is 6.04 Å². The Labute approximate surface area is 177 Å². The van der Waals surface area contributed by atoms with Crippen LogP contribution in [-0.4, -0.2) is 49.7 Å². The van der Waals surface area contributed by atoms with Gasteiger partial charge >= 0.3 is 5.97 Å². The number of rotatable bonds is 6. The number of carbonyl (C=O) groups excluding carboxylic acids is 3. The Bertz CT molecular complexity index is 891. The number of benzene rings is 1. The Morgan fingerprint density at radius 2 is 1.70 bits per heavy atom. The molecule has 164 valence electrons. The predicted molar refractivity (Wildman–Crippen MR) is 109 cm³/mol. The molecule has 0 spiro atoms. The summed E-state index contributed by atoms with van der Waals surface area (Å²) < 4.78 is 32.0. The summed E-state index contributed by atoms with van der Waals surface area (Å²) in [4.78, 5) is 36.7. The number of nitrogens with zero attached hydrogens (tertiary/aromatic N) is 1. The largest absolute Gasteiger partial charge is 0.454 e. The van der Waals surface area contributed by atoms with Crippen LogP contribution in [0.5, 0.6) is 0 Å². The Kier molecular flexibility index (Phi) is 7.25. The number of hydrogen-bond acceptors (Lipinski definition) is 6. The molecule has 2 aliphatic rings. The van der Waals surface area contributed by atoms with Crippen LogP contribution in [0.3, 0.4) is 0 Å². The van der Waals surface area contributed by atoms with Crippen LogP contribution in [0.15, 0.2) is 29.2 Å². The number of nitrogens with one attached hydrogen (secondary N) is 1. The molecular weight excluding hydrogens is 408 g/mol. The predicted octanol–water partition coefficient (Wildman–Crippen LogP) is 1.91. The van der Waals surface area contributed by atoms with Gasteiger partial charge in [-0.25, -0.2) is 8.42 Å². The molecule has 2 fully saturated rings. The second-order valence-corrected chi connectivity index (χ2v) is 9.83. The summed E-state index contributed by atoms with van der Waals surface area (Å²) in [5, 5.41) is 2.28. The second kappa shape index (κ2) is 9.70. The van der Waals surface area contributed by atoms with Gasteiger partial charge < -0.3 is 4.74 Å². The summed E-state index contributed by atoms with van der Waals surface area (Å²) in [5.74, 6) is -1.98. The van der Waals surface area contributed by atoms with Gasteiger partial charge in [-0.3, -0.25) is 19.7 Å². The van der Waals surface area contributed by atoms with Gasteiger partial charge in [-0.2, -0.15) is 4.31 Å². The molecule has 1 aromatic rings. The van der Waals surface area contributed by atoms with Crippen LogP contribution in [0.1, 0.15) is 50.5 Å². The third kappa shape index (κ3) is 5.26. The van der Waals surface area contributed by atoms with E-state index in [-0.39, 0.29) is 23.3 Å². The van der Waals surface area contributed by atoms with Gasteiger partial charge in [-0.1, -0.05) is 37.0 Å². The zero-order valence-electron chi connectivity index (χ0n) is 17.1. The summed E-state index contributed by atoms with van der Waals surface area (Å²) in [6.45, 7) is 1.46. The fourth-order valence-corrected chi connectivity index (χ4v) is 5.63. The van der Waals surface area contributed by atoms with E-state index < -0.39 is 34.5 Å². The molecule has 2 amide bonds. The maximum absolute atomic E-state index is 12.9. The van der Waals surface area contributed by atoms with Crippen LogP contribution in [-0.2, 0) is 29.1 Å².